The van der Waals surface area contributed by atoms with E-state index in [0.717, 1.165) is 12.1 Å². The van der Waals surface area contributed by atoms with E-state index in [2.05, 4.69) is 10.2 Å². The van der Waals surface area contributed by atoms with Gasteiger partial charge in [0.2, 0.25) is 0 Å². The van der Waals surface area contributed by atoms with Gasteiger partial charge in [-0.05, 0) is 41.8 Å². The molecule has 14 heteroatoms. The Balaban J connectivity index is 0.00000320. The van der Waals surface area contributed by atoms with Gasteiger partial charge in [0, 0.05) is 11.8 Å². The summed E-state index contributed by atoms with van der Waals surface area (Å²) in [6, 6.07) is 8.16. The quantitative estimate of drug-likeness (QED) is 0.150. The Morgan fingerprint density at radius 2 is 1.43 bits per heavy atom. The van der Waals surface area contributed by atoms with Gasteiger partial charge >= 0.3 is 29.6 Å². The molecular weight excluding hydrogens is 449 g/mol. The molecule has 0 aliphatic rings. The number of nitrogens with two attached hydrogens (primary N) is 1. The number of rotatable bonds is 4. The molecule has 3 rings (SSSR count). The number of benzene rings is 3. The van der Waals surface area contributed by atoms with Crippen LogP contribution in [-0.2, 0) is 20.2 Å². The van der Waals surface area contributed by atoms with Crippen LogP contribution >= 0.6 is 0 Å². The normalized spacial score (nSPS) is 12.2. The van der Waals surface area contributed by atoms with Crippen LogP contribution in [-0.4, -0.2) is 36.2 Å². The van der Waals surface area contributed by atoms with Crippen LogP contribution in [0.4, 0.5) is 17.1 Å². The zero-order chi connectivity index (χ0) is 21.6. The molecule has 0 saturated heterocycles. The number of phenols is 2. The van der Waals surface area contributed by atoms with Gasteiger partial charge in [-0.25, -0.2) is 0 Å². The minimum atomic E-state index is -4.95. The smallest absolute Gasteiger partial charge is 0.507 e. The van der Waals surface area contributed by atoms with E-state index in [1.165, 1.54) is 24.3 Å². The van der Waals surface area contributed by atoms with E-state index >= 15 is 0 Å². The number of phenolic OH excluding ortho intramolecular Hbond substituents is 2. The Bertz CT molecular complexity index is 1370. The van der Waals surface area contributed by atoms with Crippen molar-refractivity contribution in [1.29, 1.82) is 0 Å². The van der Waals surface area contributed by atoms with Crippen molar-refractivity contribution in [3.8, 4) is 11.5 Å². The van der Waals surface area contributed by atoms with Gasteiger partial charge in [0.15, 0.2) is 5.75 Å². The molecule has 0 radical (unpaired) electrons. The molecule has 0 spiro atoms. The molecule has 0 saturated carbocycles. The molecule has 11 nitrogen and oxygen atoms in total. The molecule has 0 aliphatic carbocycles. The molecule has 3 aromatic rings. The van der Waals surface area contributed by atoms with Crippen LogP contribution in [0.15, 0.2) is 62.5 Å². The molecule has 0 bridgehead atoms. The minimum Gasteiger partial charge on any atom is -0.507 e. The van der Waals surface area contributed by atoms with E-state index < -0.39 is 47.2 Å². The summed E-state index contributed by atoms with van der Waals surface area (Å²) in [5.41, 5.74) is 5.54. The number of azo groups is 1. The Kier molecular flexibility index (Phi) is 6.78. The van der Waals surface area contributed by atoms with Crippen LogP contribution in [0, 0.1) is 0 Å². The van der Waals surface area contributed by atoms with Gasteiger partial charge in [-0.3, -0.25) is 9.11 Å². The van der Waals surface area contributed by atoms with Gasteiger partial charge in [-0.15, -0.1) is 5.11 Å². The van der Waals surface area contributed by atoms with Crippen LogP contribution in [0.1, 0.15) is 0 Å². The predicted octanol–water partition coefficient (Wildman–Crippen LogP) is -0.254. The largest absolute Gasteiger partial charge is 1.00 e. The van der Waals surface area contributed by atoms with E-state index in [1.54, 1.807) is 0 Å². The SMILES string of the molecule is Nc1ccc(N=Nc2c(S(=O)(=O)O)cc3cc(S(=O)(=O)O)cc(O)c3c2O)cc1.[Na+]. The maximum absolute atomic E-state index is 11.8. The molecular formula is C16H13N3NaO8S2+. The maximum atomic E-state index is 11.8. The zero-order valence-electron chi connectivity index (χ0n) is 15.3. The summed E-state index contributed by atoms with van der Waals surface area (Å²) in [5, 5.41) is 27.3. The molecule has 152 valence electrons. The maximum Gasteiger partial charge on any atom is 1.00 e. The summed E-state index contributed by atoms with van der Waals surface area (Å²) < 4.78 is 64.8. The molecule has 0 fully saturated rings. The van der Waals surface area contributed by atoms with Crippen molar-refractivity contribution < 1.29 is 65.7 Å². The standard InChI is InChI=1S/C16H13N3O8S2.Na/c17-9-1-3-10(4-2-9)18-19-15-13(29(25,26)27)6-8-5-11(28(22,23)24)7-12(20)14(8)16(15)21;/h1-7,20-21H,17H2,(H,22,23,24)(H,25,26,27);/q;+1. The Morgan fingerprint density at radius 1 is 0.833 bits per heavy atom. The first-order valence-corrected chi connectivity index (χ1v) is 10.5. The fraction of sp³-hybridized carbons (Fsp3) is 0. The fourth-order valence-electron chi connectivity index (χ4n) is 2.53. The number of hydrogen-bond donors (Lipinski definition) is 5. The number of fused-ring (bicyclic) bond motifs is 1. The Morgan fingerprint density at radius 3 is 1.97 bits per heavy atom. The molecule has 0 atom stereocenters. The fourth-order valence-corrected chi connectivity index (χ4v) is 3.72. The number of anilines is 1. The number of nitrogens with zero attached hydrogens (tertiary/aromatic N) is 2. The van der Waals surface area contributed by atoms with Gasteiger partial charge in [-0.2, -0.15) is 21.9 Å². The number of nitrogen functional groups attached to an aromatic ring is 1. The van der Waals surface area contributed by atoms with E-state index in [1.807, 2.05) is 0 Å². The number of aromatic hydroxyl groups is 2. The van der Waals surface area contributed by atoms with Gasteiger partial charge in [-0.1, -0.05) is 0 Å². The second kappa shape index (κ2) is 8.47. The third-order valence-electron chi connectivity index (χ3n) is 3.84. The van der Waals surface area contributed by atoms with Crippen LogP contribution in [0.25, 0.3) is 10.8 Å². The molecule has 0 aliphatic heterocycles. The summed E-state index contributed by atoms with van der Waals surface area (Å²) >= 11 is 0. The van der Waals surface area contributed by atoms with Crippen LogP contribution in [0.5, 0.6) is 11.5 Å². The molecule has 6 N–H and O–H groups in total. The van der Waals surface area contributed by atoms with Crippen LogP contribution in [0.2, 0.25) is 0 Å². The van der Waals surface area contributed by atoms with Gasteiger partial charge in [0.05, 0.1) is 16.0 Å². The molecule has 0 unspecified atom stereocenters. The van der Waals surface area contributed by atoms with Gasteiger partial charge < -0.3 is 15.9 Å². The first kappa shape index (κ1) is 24.0. The van der Waals surface area contributed by atoms with E-state index in [9.17, 15) is 31.6 Å². The summed E-state index contributed by atoms with van der Waals surface area (Å²) in [6.07, 6.45) is 0. The zero-order valence-corrected chi connectivity index (χ0v) is 18.9. The molecule has 3 aromatic carbocycles. The summed E-state index contributed by atoms with van der Waals surface area (Å²) in [7, 11) is -9.69. The van der Waals surface area contributed by atoms with Crippen molar-refractivity contribution in [2.75, 3.05) is 5.73 Å². The first-order chi connectivity index (χ1) is 13.4. The van der Waals surface area contributed by atoms with Crippen molar-refractivity contribution in [3.63, 3.8) is 0 Å². The summed E-state index contributed by atoms with van der Waals surface area (Å²) in [5.74, 6) is -1.66. The van der Waals surface area contributed by atoms with Gasteiger partial charge in [0.1, 0.15) is 16.3 Å². The Labute approximate surface area is 192 Å². The first-order valence-electron chi connectivity index (χ1n) is 7.63. The average molecular weight is 462 g/mol. The second-order valence-electron chi connectivity index (χ2n) is 5.85. The Hall–Kier alpha value is -2.26. The topological polar surface area (TPSA) is 200 Å². The van der Waals surface area contributed by atoms with Crippen molar-refractivity contribution in [2.24, 2.45) is 10.2 Å². The second-order valence-corrected chi connectivity index (χ2v) is 8.67. The molecule has 0 aromatic heterocycles. The molecule has 30 heavy (non-hydrogen) atoms. The minimum absolute atomic E-state index is 0. The van der Waals surface area contributed by atoms with Crippen molar-refractivity contribution in [3.05, 3.63) is 42.5 Å². The third kappa shape index (κ3) is 4.89. The molecule has 0 amide bonds. The average Bonchev–Trinajstić information content (AvgIpc) is 2.60. The van der Waals surface area contributed by atoms with Crippen molar-refractivity contribution in [2.45, 2.75) is 9.79 Å². The summed E-state index contributed by atoms with van der Waals surface area (Å²) in [6.45, 7) is 0. The predicted molar refractivity (Wildman–Crippen MR) is 102 cm³/mol. The van der Waals surface area contributed by atoms with Crippen LogP contribution in [0.3, 0.4) is 0 Å². The van der Waals surface area contributed by atoms with Crippen molar-refractivity contribution in [1.82, 2.24) is 0 Å². The number of hydrogen-bond acceptors (Lipinski definition) is 9. The van der Waals surface area contributed by atoms with E-state index in [0.29, 0.717) is 11.8 Å². The van der Waals surface area contributed by atoms with Crippen LogP contribution < -0.4 is 35.3 Å². The monoisotopic (exact) mass is 462 g/mol. The summed E-state index contributed by atoms with van der Waals surface area (Å²) in [4.78, 5) is -1.65. The third-order valence-corrected chi connectivity index (χ3v) is 5.54. The van der Waals surface area contributed by atoms with E-state index in [-0.39, 0.29) is 46.0 Å². The van der Waals surface area contributed by atoms with Crippen molar-refractivity contribution >= 4 is 48.1 Å². The molecule has 0 heterocycles. The van der Waals surface area contributed by atoms with Gasteiger partial charge in [0.25, 0.3) is 20.2 Å². The van der Waals surface area contributed by atoms with E-state index in [4.69, 9.17) is 10.3 Å².